The fourth-order valence-corrected chi connectivity index (χ4v) is 2.83. The molecule has 0 bridgehead atoms. The molecule has 0 saturated carbocycles. The van der Waals surface area contributed by atoms with Gasteiger partial charge in [-0.15, -0.1) is 0 Å². The van der Waals surface area contributed by atoms with Crippen LogP contribution in [0.15, 0.2) is 34.9 Å². The van der Waals surface area contributed by atoms with Crippen LogP contribution in [0.2, 0.25) is 5.02 Å². The second-order valence-corrected chi connectivity index (χ2v) is 6.41. The van der Waals surface area contributed by atoms with Crippen molar-refractivity contribution in [3.05, 3.63) is 41.2 Å². The lowest BCUT2D eigenvalue weighted by atomic mass is 9.90. The number of likely N-dealkylation sites (tertiary alicyclic amines) is 1. The van der Waals surface area contributed by atoms with Crippen molar-refractivity contribution in [3.63, 3.8) is 0 Å². The van der Waals surface area contributed by atoms with Crippen LogP contribution in [-0.4, -0.2) is 34.0 Å². The Labute approximate surface area is 133 Å². The Morgan fingerprint density at radius 3 is 2.82 bits per heavy atom. The average Bonchev–Trinajstić information content (AvgIpc) is 3.08. The molecule has 0 spiro atoms. The highest BCUT2D eigenvalue weighted by Crippen LogP contribution is 2.31. The van der Waals surface area contributed by atoms with Crippen molar-refractivity contribution in [1.82, 2.24) is 9.88 Å². The van der Waals surface area contributed by atoms with Gasteiger partial charge in [-0.25, -0.2) is 4.98 Å². The minimum absolute atomic E-state index is 0.533. The number of carboxylic acids is 1. The van der Waals surface area contributed by atoms with Gasteiger partial charge in [0, 0.05) is 23.7 Å². The predicted octanol–water partition coefficient (Wildman–Crippen LogP) is 3.29. The van der Waals surface area contributed by atoms with Gasteiger partial charge in [0.25, 0.3) is 0 Å². The molecule has 22 heavy (non-hydrogen) atoms. The Bertz CT molecular complexity index is 683. The van der Waals surface area contributed by atoms with Crippen LogP contribution >= 0.6 is 11.6 Å². The highest BCUT2D eigenvalue weighted by molar-refractivity contribution is 6.30. The molecular weight excluding hydrogens is 304 g/mol. The van der Waals surface area contributed by atoms with E-state index in [0.717, 1.165) is 17.8 Å². The monoisotopic (exact) mass is 320 g/mol. The first-order valence-electron chi connectivity index (χ1n) is 7.12. The molecule has 0 radical (unpaired) electrons. The summed E-state index contributed by atoms with van der Waals surface area (Å²) in [6.07, 6.45) is 2.28. The first kappa shape index (κ1) is 15.1. The molecule has 0 aliphatic carbocycles. The maximum absolute atomic E-state index is 11.3. The molecule has 6 heteroatoms. The van der Waals surface area contributed by atoms with Gasteiger partial charge in [0.15, 0.2) is 0 Å². The molecule has 1 aromatic heterocycles. The zero-order valence-electron chi connectivity index (χ0n) is 12.3. The Hall–Kier alpha value is -1.85. The summed E-state index contributed by atoms with van der Waals surface area (Å²) in [5, 5.41) is 9.93. The molecule has 1 aliphatic heterocycles. The molecule has 1 N–H and O–H groups in total. The molecule has 2 aromatic rings. The van der Waals surface area contributed by atoms with Crippen molar-refractivity contribution >= 4 is 17.6 Å². The maximum Gasteiger partial charge on any atom is 0.310 e. The van der Waals surface area contributed by atoms with Gasteiger partial charge >= 0.3 is 5.97 Å². The Morgan fingerprint density at radius 2 is 2.18 bits per heavy atom. The lowest BCUT2D eigenvalue weighted by Gasteiger charge is -2.19. The van der Waals surface area contributed by atoms with Crippen molar-refractivity contribution in [2.45, 2.75) is 19.9 Å². The SMILES string of the molecule is CC1(C(=O)O)CCN(Cc2coc(-c3ccc(Cl)cc3)n2)C1. The summed E-state index contributed by atoms with van der Waals surface area (Å²) < 4.78 is 5.50. The van der Waals surface area contributed by atoms with Gasteiger partial charge in [-0.3, -0.25) is 9.69 Å². The number of aromatic nitrogens is 1. The maximum atomic E-state index is 11.3. The number of benzene rings is 1. The summed E-state index contributed by atoms with van der Waals surface area (Å²) in [5.41, 5.74) is 1.01. The van der Waals surface area contributed by atoms with Crippen LogP contribution in [0.25, 0.3) is 11.5 Å². The van der Waals surface area contributed by atoms with Crippen molar-refractivity contribution in [2.75, 3.05) is 13.1 Å². The van der Waals surface area contributed by atoms with Gasteiger partial charge in [-0.2, -0.15) is 0 Å². The predicted molar refractivity (Wildman–Crippen MR) is 82.6 cm³/mol. The first-order valence-corrected chi connectivity index (χ1v) is 7.50. The zero-order valence-corrected chi connectivity index (χ0v) is 13.0. The van der Waals surface area contributed by atoms with Crippen LogP contribution in [0, 0.1) is 5.41 Å². The number of nitrogens with zero attached hydrogens (tertiary/aromatic N) is 2. The van der Waals surface area contributed by atoms with Gasteiger partial charge in [-0.05, 0) is 44.2 Å². The van der Waals surface area contributed by atoms with E-state index < -0.39 is 11.4 Å². The summed E-state index contributed by atoms with van der Waals surface area (Å²) in [6, 6.07) is 7.30. The highest BCUT2D eigenvalue weighted by atomic mass is 35.5. The molecule has 116 valence electrons. The molecular formula is C16H17ClN2O3. The van der Waals surface area contributed by atoms with E-state index in [1.54, 1.807) is 25.3 Å². The molecule has 0 amide bonds. The molecule has 5 nitrogen and oxygen atoms in total. The third kappa shape index (κ3) is 3.00. The third-order valence-electron chi connectivity index (χ3n) is 4.10. The summed E-state index contributed by atoms with van der Waals surface area (Å²) >= 11 is 5.86. The zero-order chi connectivity index (χ0) is 15.7. The van der Waals surface area contributed by atoms with Crippen molar-refractivity contribution in [3.8, 4) is 11.5 Å². The number of halogens is 1. The lowest BCUT2D eigenvalue weighted by molar-refractivity contribution is -0.147. The lowest BCUT2D eigenvalue weighted by Crippen LogP contribution is -2.31. The van der Waals surface area contributed by atoms with E-state index in [0.29, 0.717) is 30.4 Å². The van der Waals surface area contributed by atoms with Gasteiger partial charge in [0.2, 0.25) is 5.89 Å². The molecule has 1 aromatic carbocycles. The number of rotatable bonds is 4. The summed E-state index contributed by atoms with van der Waals surface area (Å²) in [7, 11) is 0. The van der Waals surface area contributed by atoms with E-state index in [2.05, 4.69) is 9.88 Å². The van der Waals surface area contributed by atoms with Crippen LogP contribution in [0.1, 0.15) is 19.0 Å². The van der Waals surface area contributed by atoms with Crippen LogP contribution in [0.4, 0.5) is 0 Å². The van der Waals surface area contributed by atoms with E-state index in [1.165, 1.54) is 0 Å². The van der Waals surface area contributed by atoms with Gasteiger partial charge < -0.3 is 9.52 Å². The van der Waals surface area contributed by atoms with E-state index in [4.69, 9.17) is 16.0 Å². The van der Waals surface area contributed by atoms with Crippen LogP contribution in [0.5, 0.6) is 0 Å². The fourth-order valence-electron chi connectivity index (χ4n) is 2.70. The van der Waals surface area contributed by atoms with Crippen LogP contribution in [-0.2, 0) is 11.3 Å². The molecule has 1 unspecified atom stereocenters. The number of aliphatic carboxylic acids is 1. The summed E-state index contributed by atoms with van der Waals surface area (Å²) in [6.45, 7) is 3.68. The Kier molecular flexibility index (Phi) is 3.93. The Balaban J connectivity index is 1.68. The highest BCUT2D eigenvalue weighted by Gasteiger charge is 2.40. The average molecular weight is 321 g/mol. The molecule has 1 atom stereocenters. The Morgan fingerprint density at radius 1 is 1.45 bits per heavy atom. The van der Waals surface area contributed by atoms with Crippen molar-refractivity contribution < 1.29 is 14.3 Å². The minimum Gasteiger partial charge on any atom is -0.481 e. The summed E-state index contributed by atoms with van der Waals surface area (Å²) in [5.74, 6) is -0.191. The first-order chi connectivity index (χ1) is 10.5. The van der Waals surface area contributed by atoms with Gasteiger partial charge in [0.05, 0.1) is 11.1 Å². The number of carboxylic acid groups (broad SMARTS) is 1. The minimum atomic E-state index is -0.739. The van der Waals surface area contributed by atoms with E-state index in [1.807, 2.05) is 12.1 Å². The molecule has 2 heterocycles. The summed E-state index contributed by atoms with van der Waals surface area (Å²) in [4.78, 5) is 17.8. The fraction of sp³-hybridized carbons (Fsp3) is 0.375. The molecule has 1 fully saturated rings. The molecule has 3 rings (SSSR count). The van der Waals surface area contributed by atoms with Crippen LogP contribution in [0.3, 0.4) is 0 Å². The van der Waals surface area contributed by atoms with E-state index in [-0.39, 0.29) is 0 Å². The van der Waals surface area contributed by atoms with E-state index in [9.17, 15) is 9.90 Å². The smallest absolute Gasteiger partial charge is 0.310 e. The second-order valence-electron chi connectivity index (χ2n) is 5.98. The normalized spacial score (nSPS) is 22.1. The van der Waals surface area contributed by atoms with Crippen molar-refractivity contribution in [2.24, 2.45) is 5.41 Å². The quantitative estimate of drug-likeness (QED) is 0.936. The topological polar surface area (TPSA) is 66.6 Å². The third-order valence-corrected chi connectivity index (χ3v) is 4.35. The number of hydrogen-bond donors (Lipinski definition) is 1. The van der Waals surface area contributed by atoms with Gasteiger partial charge in [-0.1, -0.05) is 11.6 Å². The van der Waals surface area contributed by atoms with E-state index >= 15 is 0 Å². The van der Waals surface area contributed by atoms with Crippen molar-refractivity contribution in [1.29, 1.82) is 0 Å². The number of carbonyl (C=O) groups is 1. The number of hydrogen-bond acceptors (Lipinski definition) is 4. The molecule has 1 saturated heterocycles. The number of oxazole rings is 1. The largest absolute Gasteiger partial charge is 0.481 e. The van der Waals surface area contributed by atoms with Gasteiger partial charge in [0.1, 0.15) is 6.26 Å². The second kappa shape index (κ2) is 5.74. The molecule has 1 aliphatic rings. The van der Waals surface area contributed by atoms with Crippen LogP contribution < -0.4 is 0 Å². The standard InChI is InChI=1S/C16H17ClN2O3/c1-16(15(20)21)6-7-19(10-16)8-13-9-22-14(18-13)11-2-4-12(17)5-3-11/h2-5,9H,6-8,10H2,1H3,(H,20,21).